The van der Waals surface area contributed by atoms with Gasteiger partial charge in [-0.25, -0.2) is 0 Å². The molecule has 1 aliphatic rings. The van der Waals surface area contributed by atoms with Crippen LogP contribution in [0.25, 0.3) is 0 Å². The van der Waals surface area contributed by atoms with Gasteiger partial charge >= 0.3 is 0 Å². The molecule has 0 aromatic heterocycles. The van der Waals surface area contributed by atoms with Crippen LogP contribution >= 0.6 is 23.2 Å². The van der Waals surface area contributed by atoms with E-state index in [0.29, 0.717) is 11.6 Å². The summed E-state index contributed by atoms with van der Waals surface area (Å²) in [5.41, 5.74) is 1.44. The Balaban J connectivity index is 2.33. The highest BCUT2D eigenvalue weighted by atomic mass is 35.5. The van der Waals surface area contributed by atoms with Crippen molar-refractivity contribution in [2.24, 2.45) is 0 Å². The zero-order chi connectivity index (χ0) is 9.73. The van der Waals surface area contributed by atoms with Crippen molar-refractivity contribution >= 4 is 23.2 Å². The van der Waals surface area contributed by atoms with Gasteiger partial charge in [0.1, 0.15) is 0 Å². The van der Waals surface area contributed by atoms with Crippen molar-refractivity contribution in [2.45, 2.75) is 25.3 Å². The number of halogens is 2. The van der Waals surface area contributed by atoms with Crippen LogP contribution in [0.2, 0.25) is 0 Å². The van der Waals surface area contributed by atoms with Crippen LogP contribution < -0.4 is 5.32 Å². The van der Waals surface area contributed by atoms with Gasteiger partial charge in [0.25, 0.3) is 0 Å². The molecular weight excluding hydrogens is 209 g/mol. The van der Waals surface area contributed by atoms with E-state index in [9.17, 15) is 0 Å². The maximum absolute atomic E-state index is 5.77. The molecule has 0 saturated carbocycles. The zero-order valence-electron chi connectivity index (χ0n) is 7.78. The molecule has 1 N–H and O–H groups in total. The fraction of sp³-hybridized carbons (Fsp3) is 0.778. The van der Waals surface area contributed by atoms with Gasteiger partial charge in [-0.15, -0.1) is 0 Å². The van der Waals surface area contributed by atoms with Crippen LogP contribution in [-0.2, 0) is 4.74 Å². The second kappa shape index (κ2) is 5.20. The summed E-state index contributed by atoms with van der Waals surface area (Å²) in [6.45, 7) is 4.38. The summed E-state index contributed by atoms with van der Waals surface area (Å²) >= 11 is 11.2. The number of rotatable bonds is 3. The summed E-state index contributed by atoms with van der Waals surface area (Å²) in [6.07, 6.45) is 2.23. The van der Waals surface area contributed by atoms with E-state index in [-0.39, 0.29) is 5.54 Å². The average molecular weight is 224 g/mol. The van der Waals surface area contributed by atoms with Gasteiger partial charge in [0, 0.05) is 29.3 Å². The molecule has 1 aliphatic heterocycles. The smallest absolute Gasteiger partial charge is 0.0645 e. The fourth-order valence-corrected chi connectivity index (χ4v) is 1.55. The van der Waals surface area contributed by atoms with Gasteiger partial charge in [-0.05, 0) is 19.8 Å². The average Bonchev–Trinajstić information content (AvgIpc) is 2.15. The lowest BCUT2D eigenvalue weighted by Gasteiger charge is -2.34. The number of ether oxygens (including phenoxy) is 1. The lowest BCUT2D eigenvalue weighted by molar-refractivity contribution is 0.0301. The second-order valence-electron chi connectivity index (χ2n) is 3.63. The Morgan fingerprint density at radius 3 is 3.00 bits per heavy atom. The molecule has 1 atom stereocenters. The molecule has 4 heteroatoms. The normalized spacial score (nSPS) is 30.5. The van der Waals surface area contributed by atoms with E-state index in [4.69, 9.17) is 27.9 Å². The highest BCUT2D eigenvalue weighted by molar-refractivity contribution is 6.36. The van der Waals surface area contributed by atoms with Gasteiger partial charge in [0.05, 0.1) is 6.61 Å². The van der Waals surface area contributed by atoms with Gasteiger partial charge in [0.2, 0.25) is 0 Å². The number of hydrogen-bond acceptors (Lipinski definition) is 2. The quantitative estimate of drug-likeness (QED) is 0.795. The van der Waals surface area contributed by atoms with E-state index in [1.807, 2.05) is 0 Å². The van der Waals surface area contributed by atoms with Crippen LogP contribution in [0.5, 0.6) is 0 Å². The Morgan fingerprint density at radius 1 is 1.69 bits per heavy atom. The van der Waals surface area contributed by atoms with Crippen molar-refractivity contribution in [3.8, 4) is 0 Å². The first kappa shape index (κ1) is 11.3. The van der Waals surface area contributed by atoms with E-state index < -0.39 is 0 Å². The standard InChI is InChI=1S/C9H15Cl2NO/c1-9(3-2-4-13-7-9)12-6-8(11)5-10/h5,12H,2-4,6-7H2,1H3. The molecule has 0 spiro atoms. The Kier molecular flexibility index (Phi) is 4.53. The Morgan fingerprint density at radius 2 is 2.46 bits per heavy atom. The van der Waals surface area contributed by atoms with Gasteiger partial charge in [0.15, 0.2) is 0 Å². The summed E-state index contributed by atoms with van der Waals surface area (Å²) in [5, 5.41) is 3.97. The molecule has 2 nitrogen and oxygen atoms in total. The minimum absolute atomic E-state index is 0.0539. The van der Waals surface area contributed by atoms with Gasteiger partial charge in [-0.3, -0.25) is 0 Å². The Labute approximate surface area is 89.2 Å². The van der Waals surface area contributed by atoms with Crippen LogP contribution in [-0.4, -0.2) is 25.3 Å². The van der Waals surface area contributed by atoms with Crippen molar-refractivity contribution < 1.29 is 4.74 Å². The second-order valence-corrected chi connectivity index (χ2v) is 4.33. The van der Waals surface area contributed by atoms with Crippen LogP contribution in [0.3, 0.4) is 0 Å². The lowest BCUT2D eigenvalue weighted by Crippen LogP contribution is -2.49. The molecule has 13 heavy (non-hydrogen) atoms. The van der Waals surface area contributed by atoms with Crippen molar-refractivity contribution in [3.63, 3.8) is 0 Å². The van der Waals surface area contributed by atoms with Gasteiger partial charge < -0.3 is 10.1 Å². The first-order valence-electron chi connectivity index (χ1n) is 4.44. The predicted octanol–water partition coefficient (Wildman–Crippen LogP) is 2.46. The van der Waals surface area contributed by atoms with Crippen LogP contribution in [0, 0.1) is 0 Å². The predicted molar refractivity (Wildman–Crippen MR) is 56.2 cm³/mol. The molecule has 76 valence electrons. The first-order chi connectivity index (χ1) is 6.16. The molecule has 0 aromatic rings. The molecule has 1 fully saturated rings. The molecule has 0 bridgehead atoms. The third-order valence-corrected chi connectivity index (χ3v) is 2.86. The first-order valence-corrected chi connectivity index (χ1v) is 5.25. The summed E-state index contributed by atoms with van der Waals surface area (Å²) in [5.74, 6) is 0. The molecule has 1 unspecified atom stereocenters. The lowest BCUT2D eigenvalue weighted by atomic mass is 9.95. The van der Waals surface area contributed by atoms with Gasteiger partial charge in [-0.1, -0.05) is 23.2 Å². The Bertz CT molecular complexity index is 188. The number of hydrogen-bond donors (Lipinski definition) is 1. The summed E-state index contributed by atoms with van der Waals surface area (Å²) < 4.78 is 5.39. The summed E-state index contributed by atoms with van der Waals surface area (Å²) in [6, 6.07) is 0. The monoisotopic (exact) mass is 223 g/mol. The van der Waals surface area contributed by atoms with Crippen molar-refractivity contribution in [1.82, 2.24) is 5.32 Å². The highest BCUT2D eigenvalue weighted by Gasteiger charge is 2.26. The van der Waals surface area contributed by atoms with Crippen molar-refractivity contribution in [1.29, 1.82) is 0 Å². The molecule has 0 amide bonds. The van der Waals surface area contributed by atoms with E-state index in [1.165, 1.54) is 5.54 Å². The van der Waals surface area contributed by atoms with Gasteiger partial charge in [-0.2, -0.15) is 0 Å². The van der Waals surface area contributed by atoms with Crippen LogP contribution in [0.15, 0.2) is 10.6 Å². The highest BCUT2D eigenvalue weighted by Crippen LogP contribution is 2.18. The minimum atomic E-state index is 0.0539. The largest absolute Gasteiger partial charge is 0.380 e. The third kappa shape index (κ3) is 3.86. The topological polar surface area (TPSA) is 21.3 Å². The maximum atomic E-state index is 5.77. The van der Waals surface area contributed by atoms with Crippen LogP contribution in [0.4, 0.5) is 0 Å². The molecule has 0 radical (unpaired) electrons. The third-order valence-electron chi connectivity index (χ3n) is 2.24. The SMILES string of the molecule is CC1(NCC(Cl)=CCl)CCCOC1. The molecule has 1 saturated heterocycles. The van der Waals surface area contributed by atoms with Crippen molar-refractivity contribution in [2.75, 3.05) is 19.8 Å². The maximum Gasteiger partial charge on any atom is 0.0645 e. The minimum Gasteiger partial charge on any atom is -0.380 e. The molecule has 0 aliphatic carbocycles. The van der Waals surface area contributed by atoms with Crippen LogP contribution in [0.1, 0.15) is 19.8 Å². The molecular formula is C9H15Cl2NO. The van der Waals surface area contributed by atoms with E-state index >= 15 is 0 Å². The summed E-state index contributed by atoms with van der Waals surface area (Å²) in [7, 11) is 0. The summed E-state index contributed by atoms with van der Waals surface area (Å²) in [4.78, 5) is 0. The Hall–Kier alpha value is 0.240. The zero-order valence-corrected chi connectivity index (χ0v) is 9.29. The van der Waals surface area contributed by atoms with E-state index in [0.717, 1.165) is 26.1 Å². The molecule has 1 heterocycles. The van der Waals surface area contributed by atoms with Crippen molar-refractivity contribution in [3.05, 3.63) is 10.6 Å². The van der Waals surface area contributed by atoms with E-state index in [2.05, 4.69) is 12.2 Å². The fourth-order valence-electron chi connectivity index (χ4n) is 1.41. The molecule has 0 aromatic carbocycles. The molecule has 1 rings (SSSR count). The number of nitrogens with one attached hydrogen (secondary N) is 1. The van der Waals surface area contributed by atoms with E-state index in [1.54, 1.807) is 0 Å².